The Hall–Kier alpha value is -2.98. The van der Waals surface area contributed by atoms with Crippen LogP contribution >= 0.6 is 0 Å². The molecule has 2 aromatic carbocycles. The van der Waals surface area contributed by atoms with Crippen molar-refractivity contribution in [3.8, 4) is 5.75 Å². The van der Waals surface area contributed by atoms with Gasteiger partial charge in [0.05, 0.1) is 24.0 Å². The Morgan fingerprint density at radius 3 is 2.43 bits per heavy atom. The molecule has 2 aromatic rings. The van der Waals surface area contributed by atoms with Crippen molar-refractivity contribution in [2.75, 3.05) is 12.9 Å². The Labute approximate surface area is 160 Å². The van der Waals surface area contributed by atoms with E-state index in [4.69, 9.17) is 9.47 Å². The van der Waals surface area contributed by atoms with Crippen LogP contribution in [0.5, 0.6) is 5.75 Å². The van der Waals surface area contributed by atoms with E-state index in [-0.39, 0.29) is 34.5 Å². The lowest BCUT2D eigenvalue weighted by atomic mass is 9.95. The zero-order valence-corrected chi connectivity index (χ0v) is 16.1. The van der Waals surface area contributed by atoms with Crippen molar-refractivity contribution in [1.82, 2.24) is 5.06 Å². The predicted octanol–water partition coefficient (Wildman–Crippen LogP) is 2.50. The molecule has 2 amide bonds. The zero-order valence-electron chi connectivity index (χ0n) is 15.3. The molecule has 1 aliphatic rings. The van der Waals surface area contributed by atoms with Crippen LogP contribution in [0.3, 0.4) is 0 Å². The van der Waals surface area contributed by atoms with Crippen LogP contribution in [0.15, 0.2) is 30.3 Å². The number of nitrogens with zero attached hydrogens (tertiary/aromatic N) is 1. The van der Waals surface area contributed by atoms with Gasteiger partial charge in [-0.25, -0.2) is 4.79 Å². The number of rotatable bonds is 5. The smallest absolute Gasteiger partial charge is 0.434 e. The molecule has 10 heteroatoms. The molecule has 148 valence electrons. The molecule has 28 heavy (non-hydrogen) atoms. The summed E-state index contributed by atoms with van der Waals surface area (Å²) < 4.78 is 37.5. The summed E-state index contributed by atoms with van der Waals surface area (Å²) >= 11 is 0. The lowest BCUT2D eigenvalue weighted by Crippen LogP contribution is -2.41. The molecule has 0 aliphatic carbocycles. The van der Waals surface area contributed by atoms with Crippen LogP contribution in [-0.4, -0.2) is 44.3 Å². The molecule has 1 heterocycles. The molecule has 1 aliphatic heterocycles. The number of hydrogen-bond donors (Lipinski definition) is 0. The molecule has 9 nitrogen and oxygen atoms in total. The van der Waals surface area contributed by atoms with E-state index in [0.717, 1.165) is 0 Å². The lowest BCUT2D eigenvalue weighted by molar-refractivity contribution is -0.0150. The first-order chi connectivity index (χ1) is 13.1. The normalized spacial score (nSPS) is 13.9. The zero-order chi connectivity index (χ0) is 20.6. The molecule has 0 N–H and O–H groups in total. The quantitative estimate of drug-likeness (QED) is 0.422. The number of hydroxylamine groups is 2. The van der Waals surface area contributed by atoms with Gasteiger partial charge in [0.25, 0.3) is 21.9 Å². The molecule has 0 bridgehead atoms. The summed E-state index contributed by atoms with van der Waals surface area (Å²) in [6, 6.07) is 7.33. The van der Waals surface area contributed by atoms with Gasteiger partial charge in [0.1, 0.15) is 5.75 Å². The molecule has 0 saturated heterocycles. The number of carbonyl (C=O) groups excluding carboxylic acids is 3. The van der Waals surface area contributed by atoms with Gasteiger partial charge in [-0.1, -0.05) is 26.0 Å². The second kappa shape index (κ2) is 7.21. The highest BCUT2D eigenvalue weighted by atomic mass is 32.2. The second-order valence-corrected chi connectivity index (χ2v) is 8.17. The molecule has 0 atom stereocenters. The monoisotopic (exact) mass is 407 g/mol. The Morgan fingerprint density at radius 2 is 1.79 bits per heavy atom. The van der Waals surface area contributed by atoms with Crippen LogP contribution in [0.25, 0.3) is 10.8 Å². The third kappa shape index (κ3) is 3.97. The van der Waals surface area contributed by atoms with Crippen molar-refractivity contribution < 1.29 is 36.6 Å². The summed E-state index contributed by atoms with van der Waals surface area (Å²) in [6.45, 7) is 3.88. The molecular formula is C18H17NO8S. The topological polar surface area (TPSA) is 116 Å². The van der Waals surface area contributed by atoms with Gasteiger partial charge in [-0.15, -0.1) is 9.35 Å². The maximum Gasteiger partial charge on any atom is 0.513 e. The summed E-state index contributed by atoms with van der Waals surface area (Å²) in [6.07, 6.45) is -0.228. The molecule has 0 spiro atoms. The summed E-state index contributed by atoms with van der Waals surface area (Å²) in [7, 11) is -4.13. The Kier molecular flexibility index (Phi) is 5.09. The van der Waals surface area contributed by atoms with Crippen LogP contribution in [0, 0.1) is 5.92 Å². The van der Waals surface area contributed by atoms with Crippen LogP contribution in [0.2, 0.25) is 0 Å². The predicted molar refractivity (Wildman–Crippen MR) is 97.2 cm³/mol. The van der Waals surface area contributed by atoms with Crippen LogP contribution in [0.4, 0.5) is 4.79 Å². The van der Waals surface area contributed by atoms with E-state index < -0.39 is 28.1 Å². The second-order valence-electron chi connectivity index (χ2n) is 6.61. The van der Waals surface area contributed by atoms with Gasteiger partial charge in [0, 0.05) is 5.39 Å². The van der Waals surface area contributed by atoms with Crippen LogP contribution in [-0.2, 0) is 19.1 Å². The van der Waals surface area contributed by atoms with Gasteiger partial charge >= 0.3 is 6.16 Å². The molecule has 0 fully saturated rings. The summed E-state index contributed by atoms with van der Waals surface area (Å²) in [5.41, 5.74) is 0.0488. The molecule has 0 saturated carbocycles. The Morgan fingerprint density at radius 1 is 1.11 bits per heavy atom. The number of amides is 2. The molecule has 0 unspecified atom stereocenters. The van der Waals surface area contributed by atoms with Crippen LogP contribution in [0.1, 0.15) is 34.6 Å². The molecule has 0 radical (unpaired) electrons. The van der Waals surface area contributed by atoms with E-state index in [1.54, 1.807) is 12.1 Å². The Bertz CT molecular complexity index is 1090. The maximum atomic E-state index is 12.7. The van der Waals surface area contributed by atoms with E-state index in [0.29, 0.717) is 17.0 Å². The van der Waals surface area contributed by atoms with E-state index in [1.165, 1.54) is 18.2 Å². The van der Waals surface area contributed by atoms with Crippen molar-refractivity contribution in [2.24, 2.45) is 5.92 Å². The first-order valence-electron chi connectivity index (χ1n) is 8.26. The average Bonchev–Trinajstić information content (AvgIpc) is 2.60. The number of ether oxygens (including phenoxy) is 2. The summed E-state index contributed by atoms with van der Waals surface area (Å²) in [4.78, 5) is 37.0. The minimum atomic E-state index is -4.13. The van der Waals surface area contributed by atoms with Crippen molar-refractivity contribution in [3.63, 3.8) is 0 Å². The standard InChI is InChI=1S/C18H17NO8S/c1-10(2)9-25-18(22)26-12-7-11-5-4-6-13-15(11)14(8-12)17(21)19(16(13)20)27-28(3,23)24/h4-8,10H,9H2,1-3H3. The largest absolute Gasteiger partial charge is 0.513 e. The highest BCUT2D eigenvalue weighted by Crippen LogP contribution is 2.34. The van der Waals surface area contributed by atoms with Crippen molar-refractivity contribution in [2.45, 2.75) is 13.8 Å². The molecular weight excluding hydrogens is 390 g/mol. The first-order valence-corrected chi connectivity index (χ1v) is 10.1. The van der Waals surface area contributed by atoms with E-state index in [2.05, 4.69) is 4.28 Å². The highest BCUT2D eigenvalue weighted by Gasteiger charge is 2.36. The van der Waals surface area contributed by atoms with E-state index in [1.807, 2.05) is 13.8 Å². The first kappa shape index (κ1) is 19.8. The number of hydrogen-bond acceptors (Lipinski definition) is 8. The van der Waals surface area contributed by atoms with Crippen molar-refractivity contribution in [3.05, 3.63) is 41.5 Å². The SMILES string of the molecule is CC(C)COC(=O)Oc1cc2c3c(cccc3c1)C(=O)N(OS(C)(=O)=O)C2=O. The van der Waals surface area contributed by atoms with E-state index in [9.17, 15) is 22.8 Å². The Balaban J connectivity index is 2.03. The van der Waals surface area contributed by atoms with Crippen molar-refractivity contribution >= 4 is 38.9 Å². The lowest BCUT2D eigenvalue weighted by Gasteiger charge is -2.25. The molecule has 0 aromatic heterocycles. The van der Waals surface area contributed by atoms with Gasteiger partial charge in [0.15, 0.2) is 0 Å². The maximum absolute atomic E-state index is 12.7. The third-order valence-electron chi connectivity index (χ3n) is 3.73. The van der Waals surface area contributed by atoms with Gasteiger partial charge < -0.3 is 9.47 Å². The number of carbonyl (C=O) groups is 3. The van der Waals surface area contributed by atoms with Gasteiger partial charge in [-0.05, 0) is 29.5 Å². The van der Waals surface area contributed by atoms with Gasteiger partial charge in [-0.2, -0.15) is 8.42 Å². The fraction of sp³-hybridized carbons (Fsp3) is 0.278. The van der Waals surface area contributed by atoms with Gasteiger partial charge in [-0.3, -0.25) is 9.59 Å². The van der Waals surface area contributed by atoms with Crippen molar-refractivity contribution in [1.29, 1.82) is 0 Å². The summed E-state index contributed by atoms with van der Waals surface area (Å²) in [5.74, 6) is -1.77. The molecule has 3 rings (SSSR count). The highest BCUT2D eigenvalue weighted by molar-refractivity contribution is 7.85. The van der Waals surface area contributed by atoms with Crippen LogP contribution < -0.4 is 4.74 Å². The van der Waals surface area contributed by atoms with Gasteiger partial charge in [0.2, 0.25) is 0 Å². The number of benzene rings is 2. The average molecular weight is 407 g/mol. The minimum absolute atomic E-state index is 0.00964. The van der Waals surface area contributed by atoms with E-state index >= 15 is 0 Å². The fourth-order valence-corrected chi connectivity index (χ4v) is 3.09. The minimum Gasteiger partial charge on any atom is -0.434 e. The fourth-order valence-electron chi connectivity index (χ4n) is 2.68. The third-order valence-corrected chi connectivity index (χ3v) is 4.15. The number of imide groups is 1. The summed E-state index contributed by atoms with van der Waals surface area (Å²) in [5, 5.41) is 0.948.